The molecule has 2 nitrogen and oxygen atoms in total. The molecule has 1 aliphatic carbocycles. The lowest BCUT2D eigenvalue weighted by Crippen LogP contribution is -2.24. The number of esters is 1. The molecule has 1 saturated carbocycles. The number of hydrogen-bond acceptors (Lipinski definition) is 2. The van der Waals surface area contributed by atoms with Crippen molar-refractivity contribution in [3.05, 3.63) is 0 Å². The first-order valence-electron chi connectivity index (χ1n) is 6.44. The monoisotopic (exact) mass is 212 g/mol. The van der Waals surface area contributed by atoms with Crippen LogP contribution in [0.25, 0.3) is 0 Å². The fourth-order valence-electron chi connectivity index (χ4n) is 2.52. The highest BCUT2D eigenvalue weighted by Gasteiger charge is 2.27. The first-order chi connectivity index (χ1) is 7.27. The number of carbonyl (C=O) groups is 1. The summed E-state index contributed by atoms with van der Waals surface area (Å²) in [5.41, 5.74) is 0. The van der Waals surface area contributed by atoms with E-state index < -0.39 is 0 Å². The summed E-state index contributed by atoms with van der Waals surface area (Å²) in [6.07, 6.45) is 8.50. The largest absolute Gasteiger partial charge is 0.466 e. The SMILES string of the molecule is CCCC[C@H]1CCC[C@@H](C(=O)OCC)C1. The van der Waals surface area contributed by atoms with E-state index in [0.29, 0.717) is 6.61 Å². The van der Waals surface area contributed by atoms with E-state index in [1.807, 2.05) is 6.92 Å². The van der Waals surface area contributed by atoms with Crippen molar-refractivity contribution in [2.24, 2.45) is 11.8 Å². The molecule has 0 amide bonds. The Kier molecular flexibility index (Phi) is 5.74. The molecule has 0 aliphatic heterocycles. The van der Waals surface area contributed by atoms with Crippen LogP contribution in [-0.2, 0) is 9.53 Å². The van der Waals surface area contributed by atoms with Crippen LogP contribution in [0, 0.1) is 11.8 Å². The van der Waals surface area contributed by atoms with Gasteiger partial charge in [-0.3, -0.25) is 4.79 Å². The average molecular weight is 212 g/mol. The van der Waals surface area contributed by atoms with E-state index in [2.05, 4.69) is 6.92 Å². The van der Waals surface area contributed by atoms with Gasteiger partial charge in [0, 0.05) is 0 Å². The smallest absolute Gasteiger partial charge is 0.308 e. The average Bonchev–Trinajstić information content (AvgIpc) is 2.27. The topological polar surface area (TPSA) is 26.3 Å². The molecule has 0 aromatic carbocycles. The van der Waals surface area contributed by atoms with E-state index in [9.17, 15) is 4.79 Å². The van der Waals surface area contributed by atoms with Crippen molar-refractivity contribution in [1.82, 2.24) is 0 Å². The van der Waals surface area contributed by atoms with Crippen LogP contribution in [0.3, 0.4) is 0 Å². The molecule has 0 aromatic rings. The van der Waals surface area contributed by atoms with Crippen LogP contribution < -0.4 is 0 Å². The number of unbranched alkanes of at least 4 members (excludes halogenated alkanes) is 1. The minimum absolute atomic E-state index is 0.0405. The minimum atomic E-state index is 0.0405. The van der Waals surface area contributed by atoms with Crippen LogP contribution in [0.15, 0.2) is 0 Å². The molecule has 15 heavy (non-hydrogen) atoms. The normalized spacial score (nSPS) is 26.3. The Morgan fingerprint density at radius 3 is 2.80 bits per heavy atom. The van der Waals surface area contributed by atoms with Gasteiger partial charge < -0.3 is 4.74 Å². The van der Waals surface area contributed by atoms with Gasteiger partial charge in [0.1, 0.15) is 0 Å². The molecule has 1 aliphatic rings. The molecule has 0 bridgehead atoms. The fraction of sp³-hybridized carbons (Fsp3) is 0.923. The second kappa shape index (κ2) is 6.86. The Morgan fingerprint density at radius 2 is 2.13 bits per heavy atom. The van der Waals surface area contributed by atoms with E-state index in [1.165, 1.54) is 32.1 Å². The maximum atomic E-state index is 11.6. The molecule has 1 fully saturated rings. The van der Waals surface area contributed by atoms with Crippen molar-refractivity contribution in [2.45, 2.75) is 58.8 Å². The van der Waals surface area contributed by atoms with E-state index >= 15 is 0 Å². The van der Waals surface area contributed by atoms with Crippen LogP contribution in [0.4, 0.5) is 0 Å². The van der Waals surface area contributed by atoms with E-state index in [1.54, 1.807) is 0 Å². The van der Waals surface area contributed by atoms with Crippen LogP contribution in [0.1, 0.15) is 58.8 Å². The number of carbonyl (C=O) groups excluding carboxylic acids is 1. The van der Waals surface area contributed by atoms with Crippen molar-refractivity contribution in [3.63, 3.8) is 0 Å². The molecule has 0 aromatic heterocycles. The summed E-state index contributed by atoms with van der Waals surface area (Å²) < 4.78 is 5.10. The quantitative estimate of drug-likeness (QED) is 0.651. The summed E-state index contributed by atoms with van der Waals surface area (Å²) in [6.45, 7) is 4.63. The van der Waals surface area contributed by atoms with E-state index in [-0.39, 0.29) is 11.9 Å². The van der Waals surface area contributed by atoms with E-state index in [0.717, 1.165) is 18.8 Å². The third kappa shape index (κ3) is 4.23. The van der Waals surface area contributed by atoms with E-state index in [4.69, 9.17) is 4.74 Å². The molecule has 0 heterocycles. The fourth-order valence-corrected chi connectivity index (χ4v) is 2.52. The second-order valence-electron chi connectivity index (χ2n) is 4.62. The third-order valence-corrected chi connectivity index (χ3v) is 3.37. The summed E-state index contributed by atoms with van der Waals surface area (Å²) in [5, 5.41) is 0. The molecule has 0 radical (unpaired) electrons. The van der Waals surface area contributed by atoms with Gasteiger partial charge in [-0.2, -0.15) is 0 Å². The maximum absolute atomic E-state index is 11.6. The van der Waals surface area contributed by atoms with Gasteiger partial charge in [-0.25, -0.2) is 0 Å². The minimum Gasteiger partial charge on any atom is -0.466 e. The Balaban J connectivity index is 2.31. The highest BCUT2D eigenvalue weighted by Crippen LogP contribution is 2.32. The van der Waals surface area contributed by atoms with Gasteiger partial charge in [-0.1, -0.05) is 39.0 Å². The maximum Gasteiger partial charge on any atom is 0.308 e. The lowest BCUT2D eigenvalue weighted by molar-refractivity contribution is -0.149. The Morgan fingerprint density at radius 1 is 1.33 bits per heavy atom. The highest BCUT2D eigenvalue weighted by molar-refractivity contribution is 5.72. The van der Waals surface area contributed by atoms with Gasteiger partial charge in [-0.15, -0.1) is 0 Å². The second-order valence-corrected chi connectivity index (χ2v) is 4.62. The van der Waals surface area contributed by atoms with Crippen LogP contribution in [0.2, 0.25) is 0 Å². The molecule has 1 rings (SSSR count). The first-order valence-corrected chi connectivity index (χ1v) is 6.44. The summed E-state index contributed by atoms with van der Waals surface area (Å²) in [6, 6.07) is 0. The molecule has 88 valence electrons. The number of ether oxygens (including phenoxy) is 1. The first kappa shape index (κ1) is 12.5. The Labute approximate surface area is 93.4 Å². The van der Waals surface area contributed by atoms with Crippen LogP contribution >= 0.6 is 0 Å². The standard InChI is InChI=1S/C13H24O2/c1-3-5-7-11-8-6-9-12(10-11)13(14)15-4-2/h11-12H,3-10H2,1-2H3/t11-,12+/m0/s1. The molecule has 0 N–H and O–H groups in total. The van der Waals surface area contributed by atoms with Gasteiger partial charge in [-0.05, 0) is 25.7 Å². The molecular formula is C13H24O2. The molecule has 0 saturated heterocycles. The summed E-state index contributed by atoms with van der Waals surface area (Å²) in [4.78, 5) is 11.6. The molecule has 0 spiro atoms. The molecule has 2 heteroatoms. The lowest BCUT2D eigenvalue weighted by Gasteiger charge is -2.27. The lowest BCUT2D eigenvalue weighted by atomic mass is 9.79. The highest BCUT2D eigenvalue weighted by atomic mass is 16.5. The zero-order chi connectivity index (χ0) is 11.1. The third-order valence-electron chi connectivity index (χ3n) is 3.37. The zero-order valence-electron chi connectivity index (χ0n) is 10.1. The predicted molar refractivity (Wildman–Crippen MR) is 61.6 cm³/mol. The molecule has 0 unspecified atom stereocenters. The molecular weight excluding hydrogens is 188 g/mol. The van der Waals surface area contributed by atoms with Gasteiger partial charge in [0.2, 0.25) is 0 Å². The van der Waals surface area contributed by atoms with Crippen LogP contribution in [0.5, 0.6) is 0 Å². The summed E-state index contributed by atoms with van der Waals surface area (Å²) >= 11 is 0. The van der Waals surface area contributed by atoms with Gasteiger partial charge >= 0.3 is 5.97 Å². The van der Waals surface area contributed by atoms with Crippen molar-refractivity contribution in [3.8, 4) is 0 Å². The van der Waals surface area contributed by atoms with Gasteiger partial charge in [0.25, 0.3) is 0 Å². The Hall–Kier alpha value is -0.530. The summed E-state index contributed by atoms with van der Waals surface area (Å²) in [7, 11) is 0. The van der Waals surface area contributed by atoms with Crippen LogP contribution in [-0.4, -0.2) is 12.6 Å². The van der Waals surface area contributed by atoms with Crippen molar-refractivity contribution in [2.75, 3.05) is 6.61 Å². The van der Waals surface area contributed by atoms with Crippen molar-refractivity contribution >= 4 is 5.97 Å². The summed E-state index contributed by atoms with van der Waals surface area (Å²) in [5.74, 6) is 1.01. The molecule has 2 atom stereocenters. The van der Waals surface area contributed by atoms with Gasteiger partial charge in [0.15, 0.2) is 0 Å². The van der Waals surface area contributed by atoms with Crippen molar-refractivity contribution in [1.29, 1.82) is 0 Å². The number of rotatable bonds is 5. The Bertz CT molecular complexity index is 189. The van der Waals surface area contributed by atoms with Crippen molar-refractivity contribution < 1.29 is 9.53 Å². The predicted octanol–water partition coefficient (Wildman–Crippen LogP) is 3.55. The number of hydrogen-bond donors (Lipinski definition) is 0. The zero-order valence-corrected chi connectivity index (χ0v) is 10.1. The van der Waals surface area contributed by atoms with Gasteiger partial charge in [0.05, 0.1) is 12.5 Å².